The molecule has 1 aromatic carbocycles. The van der Waals surface area contributed by atoms with Crippen molar-refractivity contribution in [3.63, 3.8) is 0 Å². The first-order chi connectivity index (χ1) is 15.9. The highest BCUT2D eigenvalue weighted by molar-refractivity contribution is 6.30. The third-order valence-electron chi connectivity index (χ3n) is 5.22. The topological polar surface area (TPSA) is 173 Å². The molecule has 5 N–H and O–H groups in total. The molecule has 0 radical (unpaired) electrons. The fourth-order valence-electron chi connectivity index (χ4n) is 3.58. The summed E-state index contributed by atoms with van der Waals surface area (Å²) in [6.45, 7) is 0.187. The summed E-state index contributed by atoms with van der Waals surface area (Å²) in [6, 6.07) is 6.10. The fourth-order valence-corrected chi connectivity index (χ4v) is 3.78. The summed E-state index contributed by atoms with van der Waals surface area (Å²) in [6.07, 6.45) is -0.332. The van der Waals surface area contributed by atoms with Gasteiger partial charge >= 0.3 is 0 Å². The van der Waals surface area contributed by atoms with E-state index in [-0.39, 0.29) is 13.2 Å². The van der Waals surface area contributed by atoms with Gasteiger partial charge in [0.05, 0.1) is 12.4 Å². The van der Waals surface area contributed by atoms with Crippen LogP contribution in [-0.2, 0) is 16.1 Å². The number of carbonyl (C=O) groups excluding carboxylic acids is 1. The van der Waals surface area contributed by atoms with Crippen LogP contribution in [0, 0.1) is 11.3 Å². The van der Waals surface area contributed by atoms with E-state index in [9.17, 15) is 9.90 Å². The molecule has 13 heteroatoms. The second-order valence-corrected chi connectivity index (χ2v) is 7.66. The summed E-state index contributed by atoms with van der Waals surface area (Å²) in [5, 5.41) is 25.5. The van der Waals surface area contributed by atoms with E-state index in [2.05, 4.69) is 25.6 Å². The standard InChI is InChI=1S/C20H21ClN8O4/c1-24-19(31)16-13(23)15(30)20(33-16)29-9-28-14-17(26-8-27-18(14)29)25-7-10-6-11(21)2-3-12(10)32-5-4-22/h2-3,6,8-9,13,15-16,20,30H,5,7,23H2,1H3,(H,24,31)(H,25,26,27)/t13-,15+,16-,20+/m0/s1. The highest BCUT2D eigenvalue weighted by atomic mass is 35.5. The molecule has 1 amide bonds. The fraction of sp³-hybridized carbons (Fsp3) is 0.350. The first-order valence-electron chi connectivity index (χ1n) is 9.95. The Labute approximate surface area is 193 Å². The van der Waals surface area contributed by atoms with Gasteiger partial charge in [-0.15, -0.1) is 0 Å². The highest BCUT2D eigenvalue weighted by Gasteiger charge is 2.46. The van der Waals surface area contributed by atoms with Gasteiger partial charge in [-0.3, -0.25) is 9.36 Å². The quantitative estimate of drug-likeness (QED) is 0.375. The number of nitrogens with zero attached hydrogens (tertiary/aromatic N) is 5. The van der Waals surface area contributed by atoms with Crippen LogP contribution in [0.25, 0.3) is 11.2 Å². The number of aliphatic hydroxyl groups is 1. The van der Waals surface area contributed by atoms with Crippen LogP contribution in [0.4, 0.5) is 5.82 Å². The third kappa shape index (κ3) is 4.39. The number of amides is 1. The molecule has 4 rings (SSSR count). The monoisotopic (exact) mass is 472 g/mol. The van der Waals surface area contributed by atoms with Crippen LogP contribution < -0.4 is 21.1 Å². The second kappa shape index (κ2) is 9.55. The van der Waals surface area contributed by atoms with E-state index in [1.165, 1.54) is 24.3 Å². The van der Waals surface area contributed by atoms with Crippen molar-refractivity contribution < 1.29 is 19.4 Å². The van der Waals surface area contributed by atoms with E-state index in [1.54, 1.807) is 18.2 Å². The van der Waals surface area contributed by atoms with E-state index in [0.717, 1.165) is 5.56 Å². The molecule has 3 heterocycles. The largest absolute Gasteiger partial charge is 0.478 e. The number of imidazole rings is 1. The third-order valence-corrected chi connectivity index (χ3v) is 5.46. The van der Waals surface area contributed by atoms with Crippen molar-refractivity contribution in [2.75, 3.05) is 19.0 Å². The molecule has 4 atom stereocenters. The van der Waals surface area contributed by atoms with Crippen LogP contribution in [0.5, 0.6) is 5.75 Å². The molecule has 1 fully saturated rings. The maximum absolute atomic E-state index is 12.0. The van der Waals surface area contributed by atoms with E-state index >= 15 is 0 Å². The lowest BCUT2D eigenvalue weighted by Gasteiger charge is -2.16. The highest BCUT2D eigenvalue weighted by Crippen LogP contribution is 2.32. The average molecular weight is 473 g/mol. The molecule has 12 nitrogen and oxygen atoms in total. The average Bonchev–Trinajstić information content (AvgIpc) is 3.38. The molecule has 0 spiro atoms. The molecule has 0 unspecified atom stereocenters. The van der Waals surface area contributed by atoms with Crippen LogP contribution in [-0.4, -0.2) is 62.4 Å². The summed E-state index contributed by atoms with van der Waals surface area (Å²) in [5.41, 5.74) is 7.51. The predicted octanol–water partition coefficient (Wildman–Crippen LogP) is 0.326. The Morgan fingerprint density at radius 3 is 3.00 bits per heavy atom. The Morgan fingerprint density at radius 1 is 1.42 bits per heavy atom. The van der Waals surface area contributed by atoms with Gasteiger partial charge in [-0.1, -0.05) is 11.6 Å². The van der Waals surface area contributed by atoms with Crippen LogP contribution >= 0.6 is 11.6 Å². The minimum Gasteiger partial charge on any atom is -0.478 e. The molecule has 0 bridgehead atoms. The predicted molar refractivity (Wildman–Crippen MR) is 117 cm³/mol. The zero-order valence-electron chi connectivity index (χ0n) is 17.5. The molecule has 1 saturated heterocycles. The van der Waals surface area contributed by atoms with Gasteiger partial charge in [0.25, 0.3) is 5.91 Å². The normalized spacial score (nSPS) is 22.2. The molecule has 33 heavy (non-hydrogen) atoms. The summed E-state index contributed by atoms with van der Waals surface area (Å²) < 4.78 is 12.7. The summed E-state index contributed by atoms with van der Waals surface area (Å²) in [5.74, 6) is 0.506. The number of likely N-dealkylation sites (N-methyl/N-ethyl adjacent to an activating group) is 1. The number of nitriles is 1. The van der Waals surface area contributed by atoms with Crippen molar-refractivity contribution in [1.82, 2.24) is 24.8 Å². The van der Waals surface area contributed by atoms with E-state index in [4.69, 9.17) is 32.1 Å². The Hall–Kier alpha value is -3.50. The van der Waals surface area contributed by atoms with Gasteiger partial charge in [0.1, 0.15) is 24.3 Å². The minimum atomic E-state index is -1.15. The van der Waals surface area contributed by atoms with Crippen LogP contribution in [0.3, 0.4) is 0 Å². The van der Waals surface area contributed by atoms with Crippen molar-refractivity contribution in [1.29, 1.82) is 5.26 Å². The van der Waals surface area contributed by atoms with Gasteiger partial charge in [-0.25, -0.2) is 15.0 Å². The SMILES string of the molecule is CNC(=O)[C@H]1O[C@@H](n2cnc3c(NCc4cc(Cl)ccc4OCC#N)ncnc32)[C@H](O)[C@@H]1N. The van der Waals surface area contributed by atoms with Crippen molar-refractivity contribution in [2.45, 2.75) is 31.0 Å². The number of aliphatic hydroxyl groups excluding tert-OH is 1. The zero-order valence-corrected chi connectivity index (χ0v) is 18.2. The Morgan fingerprint density at radius 2 is 2.24 bits per heavy atom. The van der Waals surface area contributed by atoms with Gasteiger partial charge < -0.3 is 30.9 Å². The van der Waals surface area contributed by atoms with Gasteiger partial charge in [0.2, 0.25) is 0 Å². The maximum atomic E-state index is 12.0. The number of nitrogens with one attached hydrogen (secondary N) is 2. The van der Waals surface area contributed by atoms with Gasteiger partial charge in [-0.05, 0) is 18.2 Å². The zero-order chi connectivity index (χ0) is 23.5. The number of anilines is 1. The van der Waals surface area contributed by atoms with Gasteiger partial charge in [0.15, 0.2) is 35.9 Å². The number of halogens is 1. The number of ether oxygens (including phenoxy) is 2. The minimum absolute atomic E-state index is 0.0975. The van der Waals surface area contributed by atoms with Gasteiger partial charge in [-0.2, -0.15) is 5.26 Å². The molecular formula is C20H21ClN8O4. The first-order valence-corrected chi connectivity index (χ1v) is 10.3. The number of carbonyl (C=O) groups is 1. The van der Waals surface area contributed by atoms with Crippen LogP contribution in [0.1, 0.15) is 11.8 Å². The molecule has 2 aromatic heterocycles. The molecule has 0 aliphatic carbocycles. The van der Waals surface area contributed by atoms with Crippen molar-refractivity contribution >= 4 is 34.5 Å². The summed E-state index contributed by atoms with van der Waals surface area (Å²) in [4.78, 5) is 24.9. The number of aromatic nitrogens is 4. The molecule has 0 saturated carbocycles. The second-order valence-electron chi connectivity index (χ2n) is 7.23. The van der Waals surface area contributed by atoms with Crippen molar-refractivity contribution in [3.05, 3.63) is 41.4 Å². The molecule has 3 aromatic rings. The van der Waals surface area contributed by atoms with Gasteiger partial charge in [0, 0.05) is 24.2 Å². The number of benzene rings is 1. The molecular weight excluding hydrogens is 452 g/mol. The van der Waals surface area contributed by atoms with Crippen molar-refractivity contribution in [2.24, 2.45) is 5.73 Å². The van der Waals surface area contributed by atoms with Crippen molar-refractivity contribution in [3.8, 4) is 11.8 Å². The number of fused-ring (bicyclic) bond motifs is 1. The number of nitrogens with two attached hydrogens (primary N) is 1. The summed E-state index contributed by atoms with van der Waals surface area (Å²) in [7, 11) is 1.46. The number of rotatable bonds is 7. The Balaban J connectivity index is 1.59. The van der Waals surface area contributed by atoms with E-state index < -0.39 is 30.4 Å². The lowest BCUT2D eigenvalue weighted by molar-refractivity contribution is -0.134. The van der Waals surface area contributed by atoms with E-state index in [1.807, 2.05) is 6.07 Å². The number of hydrogen-bond donors (Lipinski definition) is 4. The lowest BCUT2D eigenvalue weighted by atomic mass is 10.1. The molecule has 1 aliphatic heterocycles. The molecule has 1 aliphatic rings. The Kier molecular flexibility index (Phi) is 6.57. The lowest BCUT2D eigenvalue weighted by Crippen LogP contribution is -2.46. The number of hydrogen-bond acceptors (Lipinski definition) is 10. The smallest absolute Gasteiger partial charge is 0.250 e. The maximum Gasteiger partial charge on any atom is 0.250 e. The summed E-state index contributed by atoms with van der Waals surface area (Å²) >= 11 is 6.11. The van der Waals surface area contributed by atoms with Crippen LogP contribution in [0.15, 0.2) is 30.9 Å². The van der Waals surface area contributed by atoms with Crippen LogP contribution in [0.2, 0.25) is 5.02 Å². The Bertz CT molecular complexity index is 1210. The first kappa shape index (κ1) is 22.7. The van der Waals surface area contributed by atoms with E-state index in [0.29, 0.717) is 27.8 Å². The molecule has 172 valence electrons.